The minimum atomic E-state index is -0.195. The van der Waals surface area contributed by atoms with Gasteiger partial charge in [-0.2, -0.15) is 0 Å². The van der Waals surface area contributed by atoms with Crippen LogP contribution in [0.3, 0.4) is 0 Å². The molecule has 8 heteroatoms. The molecular formula is C16H19ClN4O2S. The molecule has 3 rings (SSSR count). The molecule has 0 saturated carbocycles. The zero-order chi connectivity index (χ0) is 17.3. The fourth-order valence-electron chi connectivity index (χ4n) is 2.49. The zero-order valence-corrected chi connectivity index (χ0v) is 14.9. The number of likely N-dealkylation sites (tertiary alicyclic amines) is 1. The first kappa shape index (κ1) is 17.1. The van der Waals surface area contributed by atoms with Gasteiger partial charge in [0.15, 0.2) is 10.9 Å². The Kier molecular flexibility index (Phi) is 4.76. The van der Waals surface area contributed by atoms with Crippen molar-refractivity contribution < 1.29 is 9.21 Å². The molecular weight excluding hydrogens is 348 g/mol. The molecule has 0 bridgehead atoms. The maximum Gasteiger partial charge on any atom is 0.289 e. The van der Waals surface area contributed by atoms with Crippen LogP contribution in [0, 0.1) is 0 Å². The van der Waals surface area contributed by atoms with Crippen LogP contribution < -0.4 is 11.5 Å². The molecule has 0 aliphatic carbocycles. The second kappa shape index (κ2) is 6.66. The number of carbonyl (C=O) groups is 1. The molecule has 3 heterocycles. The number of carbonyl (C=O) groups excluding carboxylic acids is 1. The molecule has 1 amide bonds. The van der Waals surface area contributed by atoms with E-state index in [4.69, 9.17) is 27.5 Å². The van der Waals surface area contributed by atoms with Crippen LogP contribution in [-0.2, 0) is 0 Å². The number of nitrogen functional groups attached to an aromatic ring is 1. The first-order chi connectivity index (χ1) is 11.4. The smallest absolute Gasteiger partial charge is 0.289 e. The lowest BCUT2D eigenvalue weighted by Gasteiger charge is -2.36. The van der Waals surface area contributed by atoms with Crippen LogP contribution in [0.5, 0.6) is 0 Å². The molecule has 24 heavy (non-hydrogen) atoms. The highest BCUT2D eigenvalue weighted by Crippen LogP contribution is 2.36. The number of hydrogen-bond donors (Lipinski definition) is 2. The Labute approximate surface area is 149 Å². The largest absolute Gasteiger partial charge is 0.444 e. The molecule has 4 N–H and O–H groups in total. The summed E-state index contributed by atoms with van der Waals surface area (Å²) in [5, 5.41) is 0.955. The van der Waals surface area contributed by atoms with Crippen molar-refractivity contribution in [1.29, 1.82) is 0 Å². The highest BCUT2D eigenvalue weighted by molar-refractivity contribution is 7.99. The van der Waals surface area contributed by atoms with Gasteiger partial charge in [-0.1, -0.05) is 23.4 Å². The van der Waals surface area contributed by atoms with E-state index in [1.807, 2.05) is 6.92 Å². The van der Waals surface area contributed by atoms with E-state index in [1.165, 1.54) is 11.8 Å². The van der Waals surface area contributed by atoms with Gasteiger partial charge in [0.1, 0.15) is 5.82 Å². The summed E-state index contributed by atoms with van der Waals surface area (Å²) in [6, 6.07) is 5.18. The van der Waals surface area contributed by atoms with Crippen molar-refractivity contribution in [3.63, 3.8) is 0 Å². The van der Waals surface area contributed by atoms with Gasteiger partial charge in [-0.25, -0.2) is 4.98 Å². The van der Waals surface area contributed by atoms with E-state index in [0.717, 1.165) is 17.7 Å². The number of nitrogens with two attached hydrogens (primary N) is 2. The summed E-state index contributed by atoms with van der Waals surface area (Å²) in [6.07, 6.45) is 3.15. The van der Waals surface area contributed by atoms with Gasteiger partial charge in [0, 0.05) is 29.7 Å². The quantitative estimate of drug-likeness (QED) is 0.866. The molecule has 0 spiro atoms. The Morgan fingerprint density at radius 2 is 2.08 bits per heavy atom. The van der Waals surface area contributed by atoms with Crippen molar-refractivity contribution in [2.75, 3.05) is 18.8 Å². The van der Waals surface area contributed by atoms with Crippen molar-refractivity contribution in [3.05, 3.63) is 35.2 Å². The van der Waals surface area contributed by atoms with Gasteiger partial charge in [-0.3, -0.25) is 4.79 Å². The molecule has 1 aliphatic rings. The molecule has 1 fully saturated rings. The minimum Gasteiger partial charge on any atom is -0.444 e. The number of pyridine rings is 1. The second-order valence-electron chi connectivity index (χ2n) is 6.18. The van der Waals surface area contributed by atoms with E-state index < -0.39 is 0 Å². The molecule has 1 saturated heterocycles. The summed E-state index contributed by atoms with van der Waals surface area (Å²) in [4.78, 5) is 18.9. The lowest BCUT2D eigenvalue weighted by atomic mass is 9.91. The predicted octanol–water partition coefficient (Wildman–Crippen LogP) is 3.01. The lowest BCUT2D eigenvalue weighted by molar-refractivity contribution is 0.0643. The summed E-state index contributed by atoms with van der Waals surface area (Å²) in [6.45, 7) is 3.30. The van der Waals surface area contributed by atoms with Gasteiger partial charge in [-0.05, 0) is 38.0 Å². The summed E-state index contributed by atoms with van der Waals surface area (Å²) in [5.41, 5.74) is 11.6. The van der Waals surface area contributed by atoms with Crippen LogP contribution in [0.15, 0.2) is 38.8 Å². The molecule has 1 aliphatic heterocycles. The molecule has 128 valence electrons. The van der Waals surface area contributed by atoms with Crippen LogP contribution in [0.1, 0.15) is 30.3 Å². The number of piperidine rings is 1. The Morgan fingerprint density at radius 3 is 2.79 bits per heavy atom. The molecule has 2 aromatic rings. The zero-order valence-electron chi connectivity index (χ0n) is 13.3. The summed E-state index contributed by atoms with van der Waals surface area (Å²) < 4.78 is 5.67. The summed E-state index contributed by atoms with van der Waals surface area (Å²) >= 11 is 7.43. The van der Waals surface area contributed by atoms with Crippen molar-refractivity contribution in [1.82, 2.24) is 9.88 Å². The molecule has 6 nitrogen and oxygen atoms in total. The van der Waals surface area contributed by atoms with E-state index in [1.54, 1.807) is 29.3 Å². The van der Waals surface area contributed by atoms with E-state index in [2.05, 4.69) is 4.98 Å². The van der Waals surface area contributed by atoms with Crippen molar-refractivity contribution in [3.8, 4) is 0 Å². The van der Waals surface area contributed by atoms with Gasteiger partial charge in [-0.15, -0.1) is 0 Å². The highest BCUT2D eigenvalue weighted by atomic mass is 35.5. The summed E-state index contributed by atoms with van der Waals surface area (Å²) in [5.74, 6) is 0.469. The van der Waals surface area contributed by atoms with Crippen LogP contribution in [0.25, 0.3) is 0 Å². The van der Waals surface area contributed by atoms with Gasteiger partial charge in [0.25, 0.3) is 5.91 Å². The van der Waals surface area contributed by atoms with Crippen molar-refractivity contribution in [2.45, 2.75) is 35.3 Å². The van der Waals surface area contributed by atoms with Crippen molar-refractivity contribution in [2.24, 2.45) is 5.73 Å². The average Bonchev–Trinajstić information content (AvgIpc) is 3.00. The number of amides is 1. The molecule has 0 unspecified atom stereocenters. The SMILES string of the molecule is CC1(N)CCN(C(=O)c2ccc(Sc3ccnc(N)c3Cl)o2)CC1. The Hall–Kier alpha value is -1.70. The summed E-state index contributed by atoms with van der Waals surface area (Å²) in [7, 11) is 0. The molecule has 2 aromatic heterocycles. The highest BCUT2D eigenvalue weighted by Gasteiger charge is 2.30. The van der Waals surface area contributed by atoms with Crippen molar-refractivity contribution >= 4 is 35.1 Å². The number of aromatic nitrogens is 1. The van der Waals surface area contributed by atoms with Gasteiger partial charge in [0.05, 0.1) is 5.02 Å². The number of anilines is 1. The fraction of sp³-hybridized carbons (Fsp3) is 0.375. The number of nitrogens with zero attached hydrogens (tertiary/aromatic N) is 2. The number of furan rings is 1. The maximum absolute atomic E-state index is 12.5. The van der Waals surface area contributed by atoms with Crippen LogP contribution in [-0.4, -0.2) is 34.4 Å². The van der Waals surface area contributed by atoms with Crippen LogP contribution in [0.2, 0.25) is 5.02 Å². The first-order valence-corrected chi connectivity index (χ1v) is 8.81. The normalized spacial score (nSPS) is 17.0. The van der Waals surface area contributed by atoms with Gasteiger partial charge < -0.3 is 20.8 Å². The first-order valence-electron chi connectivity index (χ1n) is 7.61. The molecule has 0 atom stereocenters. The predicted molar refractivity (Wildman–Crippen MR) is 94.2 cm³/mol. The minimum absolute atomic E-state index is 0.113. The Balaban J connectivity index is 1.69. The number of halogens is 1. The monoisotopic (exact) mass is 366 g/mol. The Morgan fingerprint density at radius 1 is 1.38 bits per heavy atom. The van der Waals surface area contributed by atoms with E-state index in [9.17, 15) is 4.79 Å². The lowest BCUT2D eigenvalue weighted by Crippen LogP contribution is -2.49. The third-order valence-electron chi connectivity index (χ3n) is 4.08. The average molecular weight is 367 g/mol. The number of hydrogen-bond acceptors (Lipinski definition) is 6. The Bertz CT molecular complexity index is 752. The van der Waals surface area contributed by atoms with E-state index in [0.29, 0.717) is 29.0 Å². The maximum atomic E-state index is 12.5. The third-order valence-corrected chi connectivity index (χ3v) is 5.57. The van der Waals surface area contributed by atoms with Gasteiger partial charge >= 0.3 is 0 Å². The number of rotatable bonds is 3. The third kappa shape index (κ3) is 3.68. The van der Waals surface area contributed by atoms with E-state index in [-0.39, 0.29) is 17.3 Å². The van der Waals surface area contributed by atoms with Crippen LogP contribution >= 0.6 is 23.4 Å². The topological polar surface area (TPSA) is 98.4 Å². The second-order valence-corrected chi connectivity index (χ2v) is 7.60. The molecule has 0 radical (unpaired) electrons. The standard InChI is InChI=1S/C16H19ClN4O2S/c1-16(19)5-8-21(9-6-16)15(22)10-2-3-12(23-10)24-11-4-7-20-14(18)13(11)17/h2-4,7H,5-6,8-9,19H2,1H3,(H2,18,20). The van der Waals surface area contributed by atoms with Gasteiger partial charge in [0.2, 0.25) is 0 Å². The fourth-order valence-corrected chi connectivity index (χ4v) is 3.53. The molecule has 0 aromatic carbocycles. The van der Waals surface area contributed by atoms with Crippen LogP contribution in [0.4, 0.5) is 5.82 Å². The van der Waals surface area contributed by atoms with E-state index >= 15 is 0 Å².